The van der Waals surface area contributed by atoms with E-state index in [4.69, 9.17) is 0 Å². The molecule has 2 nitrogen and oxygen atoms in total. The van der Waals surface area contributed by atoms with Gasteiger partial charge in [-0.2, -0.15) is 0 Å². The Morgan fingerprint density at radius 1 is 1.13 bits per heavy atom. The van der Waals surface area contributed by atoms with Crippen LogP contribution in [0.3, 0.4) is 0 Å². The predicted octanol–water partition coefficient (Wildman–Crippen LogP) is 2.98. The third-order valence-electron chi connectivity index (χ3n) is 1.47. The highest BCUT2D eigenvalue weighted by molar-refractivity contribution is 7.99. The summed E-state index contributed by atoms with van der Waals surface area (Å²) in [5.41, 5.74) is 0.886. The van der Waals surface area contributed by atoms with Gasteiger partial charge in [0.15, 0.2) is 5.16 Å². The summed E-state index contributed by atoms with van der Waals surface area (Å²) in [6.45, 7) is 8.38. The largest absolute Gasteiger partial charge is 0.230 e. The molecule has 0 bridgehead atoms. The first-order chi connectivity index (χ1) is 7.08. The van der Waals surface area contributed by atoms with Crippen LogP contribution in [0.5, 0.6) is 0 Å². The summed E-state index contributed by atoms with van der Waals surface area (Å²) in [4.78, 5) is 8.49. The second-order valence-corrected chi connectivity index (χ2v) is 5.39. The zero-order valence-corrected chi connectivity index (χ0v) is 10.4. The van der Waals surface area contributed by atoms with E-state index in [1.54, 1.807) is 24.2 Å². The van der Waals surface area contributed by atoms with Crippen LogP contribution < -0.4 is 0 Å². The van der Waals surface area contributed by atoms with Crippen molar-refractivity contribution in [3.63, 3.8) is 0 Å². The molecule has 0 aliphatic heterocycles. The molecule has 1 rings (SSSR count). The lowest BCUT2D eigenvalue weighted by Crippen LogP contribution is -1.92. The van der Waals surface area contributed by atoms with Gasteiger partial charge in [0, 0.05) is 23.6 Å². The van der Waals surface area contributed by atoms with Gasteiger partial charge in [0.2, 0.25) is 0 Å². The summed E-state index contributed by atoms with van der Waals surface area (Å²) < 4.78 is 0. The first-order valence-electron chi connectivity index (χ1n) is 5.08. The van der Waals surface area contributed by atoms with Crippen molar-refractivity contribution in [3.8, 4) is 11.8 Å². The van der Waals surface area contributed by atoms with Crippen molar-refractivity contribution in [2.75, 3.05) is 0 Å². The van der Waals surface area contributed by atoms with Crippen LogP contribution >= 0.6 is 11.8 Å². The minimum Gasteiger partial charge on any atom is -0.230 e. The molecule has 0 atom stereocenters. The van der Waals surface area contributed by atoms with Crippen molar-refractivity contribution in [2.45, 2.75) is 38.1 Å². The number of hydrogen-bond donors (Lipinski definition) is 0. The molecule has 1 aromatic rings. The SMILES string of the molecule is CC(C)C#Cc1cnc(SC(C)C)nc1. The van der Waals surface area contributed by atoms with Gasteiger partial charge in [0.05, 0.1) is 5.56 Å². The van der Waals surface area contributed by atoms with Crippen LogP contribution in [-0.2, 0) is 0 Å². The van der Waals surface area contributed by atoms with Crippen molar-refractivity contribution < 1.29 is 0 Å². The fourth-order valence-electron chi connectivity index (χ4n) is 0.880. The molecule has 0 aromatic carbocycles. The van der Waals surface area contributed by atoms with Crippen molar-refractivity contribution >= 4 is 11.8 Å². The monoisotopic (exact) mass is 220 g/mol. The molecule has 3 heteroatoms. The lowest BCUT2D eigenvalue weighted by atomic mass is 10.2. The molecule has 1 heterocycles. The normalized spacial score (nSPS) is 10.3. The van der Waals surface area contributed by atoms with E-state index in [1.807, 2.05) is 0 Å². The Labute approximate surface area is 95.9 Å². The van der Waals surface area contributed by atoms with E-state index < -0.39 is 0 Å². The van der Waals surface area contributed by atoms with Crippen LogP contribution in [0.4, 0.5) is 0 Å². The fourth-order valence-corrected chi connectivity index (χ4v) is 1.53. The predicted molar refractivity (Wildman–Crippen MR) is 64.7 cm³/mol. The van der Waals surface area contributed by atoms with E-state index in [2.05, 4.69) is 49.5 Å². The molecule has 0 fully saturated rings. The molecule has 0 aliphatic carbocycles. The summed E-state index contributed by atoms with van der Waals surface area (Å²) in [5, 5.41) is 1.33. The van der Waals surface area contributed by atoms with Gasteiger partial charge in [-0.25, -0.2) is 9.97 Å². The maximum atomic E-state index is 4.25. The van der Waals surface area contributed by atoms with Gasteiger partial charge in [0.25, 0.3) is 0 Å². The molecule has 0 radical (unpaired) electrons. The smallest absolute Gasteiger partial charge is 0.187 e. The van der Waals surface area contributed by atoms with Crippen molar-refractivity contribution in [2.24, 2.45) is 5.92 Å². The summed E-state index contributed by atoms with van der Waals surface area (Å²) >= 11 is 1.66. The molecular formula is C12H16N2S. The van der Waals surface area contributed by atoms with Gasteiger partial charge < -0.3 is 0 Å². The number of thioether (sulfide) groups is 1. The van der Waals surface area contributed by atoms with E-state index >= 15 is 0 Å². The molecule has 0 unspecified atom stereocenters. The van der Waals surface area contributed by atoms with Gasteiger partial charge in [-0.05, 0) is 0 Å². The van der Waals surface area contributed by atoms with Crippen molar-refractivity contribution in [1.82, 2.24) is 9.97 Å². The Morgan fingerprint density at radius 2 is 1.73 bits per heavy atom. The molecule has 0 amide bonds. The van der Waals surface area contributed by atoms with Gasteiger partial charge >= 0.3 is 0 Å². The zero-order chi connectivity index (χ0) is 11.3. The Morgan fingerprint density at radius 3 is 2.20 bits per heavy atom. The van der Waals surface area contributed by atoms with Crippen LogP contribution in [0.25, 0.3) is 0 Å². The summed E-state index contributed by atoms with van der Waals surface area (Å²) in [6.07, 6.45) is 3.57. The molecule has 15 heavy (non-hydrogen) atoms. The van der Waals surface area contributed by atoms with Gasteiger partial charge in [-0.1, -0.05) is 51.3 Å². The molecule has 0 saturated heterocycles. The van der Waals surface area contributed by atoms with Gasteiger partial charge in [0.1, 0.15) is 0 Å². The van der Waals surface area contributed by atoms with E-state index in [0.29, 0.717) is 11.2 Å². The summed E-state index contributed by atoms with van der Waals surface area (Å²) in [5.74, 6) is 6.51. The maximum Gasteiger partial charge on any atom is 0.187 e. The lowest BCUT2D eigenvalue weighted by Gasteiger charge is -2.01. The fraction of sp³-hybridized carbons (Fsp3) is 0.500. The second-order valence-electron chi connectivity index (χ2n) is 3.84. The topological polar surface area (TPSA) is 25.8 Å². The highest BCUT2D eigenvalue weighted by Gasteiger charge is 2.00. The van der Waals surface area contributed by atoms with Gasteiger partial charge in [-0.3, -0.25) is 0 Å². The van der Waals surface area contributed by atoms with E-state index in [9.17, 15) is 0 Å². The number of aromatic nitrogens is 2. The third kappa shape index (κ3) is 4.85. The molecule has 0 aliphatic rings. The average Bonchev–Trinajstić information content (AvgIpc) is 2.16. The Kier molecular flexibility index (Phi) is 4.64. The Balaban J connectivity index is 2.69. The average molecular weight is 220 g/mol. The van der Waals surface area contributed by atoms with E-state index in [0.717, 1.165) is 10.7 Å². The Hall–Kier alpha value is -1.01. The molecule has 80 valence electrons. The van der Waals surface area contributed by atoms with Crippen LogP contribution in [0, 0.1) is 17.8 Å². The van der Waals surface area contributed by atoms with E-state index in [1.165, 1.54) is 0 Å². The van der Waals surface area contributed by atoms with Crippen LogP contribution in [0.2, 0.25) is 0 Å². The van der Waals surface area contributed by atoms with Crippen molar-refractivity contribution in [3.05, 3.63) is 18.0 Å². The molecule has 1 aromatic heterocycles. The quantitative estimate of drug-likeness (QED) is 0.435. The minimum atomic E-state index is 0.384. The number of rotatable bonds is 2. The van der Waals surface area contributed by atoms with Crippen molar-refractivity contribution in [1.29, 1.82) is 0 Å². The molecule has 0 spiro atoms. The number of nitrogens with zero attached hydrogens (tertiary/aromatic N) is 2. The highest BCUT2D eigenvalue weighted by atomic mass is 32.2. The molecule has 0 saturated carbocycles. The highest BCUT2D eigenvalue weighted by Crippen LogP contribution is 2.17. The van der Waals surface area contributed by atoms with Gasteiger partial charge in [-0.15, -0.1) is 0 Å². The van der Waals surface area contributed by atoms with Crippen LogP contribution in [0.15, 0.2) is 17.6 Å². The first kappa shape index (κ1) is 12.1. The van der Waals surface area contributed by atoms with E-state index in [-0.39, 0.29) is 0 Å². The Bertz CT molecular complexity index is 357. The maximum absolute atomic E-state index is 4.25. The van der Waals surface area contributed by atoms with Crippen LogP contribution in [-0.4, -0.2) is 15.2 Å². The second kappa shape index (κ2) is 5.77. The zero-order valence-electron chi connectivity index (χ0n) is 9.61. The minimum absolute atomic E-state index is 0.384. The standard InChI is InChI=1S/C12H16N2S/c1-9(2)5-6-11-7-13-12(14-8-11)15-10(3)4/h7-10H,1-4H3. The number of hydrogen-bond acceptors (Lipinski definition) is 3. The third-order valence-corrected chi connectivity index (χ3v) is 2.37. The van der Waals surface area contributed by atoms with Crippen LogP contribution in [0.1, 0.15) is 33.3 Å². The lowest BCUT2D eigenvalue weighted by molar-refractivity contribution is 0.866. The molecule has 0 N–H and O–H groups in total. The summed E-state index contributed by atoms with van der Waals surface area (Å²) in [7, 11) is 0. The summed E-state index contributed by atoms with van der Waals surface area (Å²) in [6, 6.07) is 0. The first-order valence-corrected chi connectivity index (χ1v) is 5.96. The molecular weight excluding hydrogens is 204 g/mol.